The van der Waals surface area contributed by atoms with Gasteiger partial charge in [-0.2, -0.15) is 0 Å². The third kappa shape index (κ3) is 2.87. The minimum Gasteiger partial charge on any atom is -0.351 e. The lowest BCUT2D eigenvalue weighted by Crippen LogP contribution is -2.46. The average molecular weight is 312 g/mol. The third-order valence-corrected chi connectivity index (χ3v) is 4.19. The summed E-state index contributed by atoms with van der Waals surface area (Å²) in [7, 11) is 0. The predicted octanol–water partition coefficient (Wildman–Crippen LogP) is 1.59. The molecule has 1 aliphatic heterocycles. The fraction of sp³-hybridized carbons (Fsp3) is 0.312. The number of hydrogen-bond acceptors (Lipinski definition) is 5. The highest BCUT2D eigenvalue weighted by atomic mass is 19.1. The Balaban J connectivity index is 1.43. The van der Waals surface area contributed by atoms with E-state index < -0.39 is 0 Å². The van der Waals surface area contributed by atoms with Crippen LogP contribution < -0.4 is 4.90 Å². The van der Waals surface area contributed by atoms with E-state index in [-0.39, 0.29) is 5.82 Å². The van der Waals surface area contributed by atoms with Gasteiger partial charge in [-0.05, 0) is 17.7 Å². The summed E-state index contributed by atoms with van der Waals surface area (Å²) in [4.78, 5) is 9.07. The first-order valence-corrected chi connectivity index (χ1v) is 7.66. The van der Waals surface area contributed by atoms with Crippen molar-refractivity contribution in [2.24, 2.45) is 0 Å². The molecular weight excluding hydrogens is 295 g/mol. The van der Waals surface area contributed by atoms with Gasteiger partial charge >= 0.3 is 0 Å². The minimum absolute atomic E-state index is 0.189. The van der Waals surface area contributed by atoms with Crippen molar-refractivity contribution in [3.8, 4) is 0 Å². The van der Waals surface area contributed by atoms with Crippen LogP contribution in [0, 0.1) is 5.82 Å². The van der Waals surface area contributed by atoms with E-state index in [1.54, 1.807) is 12.5 Å². The maximum absolute atomic E-state index is 13.0. The van der Waals surface area contributed by atoms with Gasteiger partial charge in [0.15, 0.2) is 5.82 Å². The molecule has 0 atom stereocenters. The summed E-state index contributed by atoms with van der Waals surface area (Å²) in [6.45, 7) is 4.50. The first-order chi connectivity index (χ1) is 11.3. The number of anilines is 1. The summed E-state index contributed by atoms with van der Waals surface area (Å²) in [5.74, 6) is 0.692. The van der Waals surface area contributed by atoms with Crippen molar-refractivity contribution in [1.82, 2.24) is 24.5 Å². The molecule has 23 heavy (non-hydrogen) atoms. The number of piperazine rings is 1. The molecule has 0 radical (unpaired) electrons. The number of aromatic nitrogens is 4. The van der Waals surface area contributed by atoms with Crippen LogP contribution in [0.4, 0.5) is 10.2 Å². The zero-order valence-corrected chi connectivity index (χ0v) is 12.6. The van der Waals surface area contributed by atoms with Crippen LogP contribution in [-0.2, 0) is 6.54 Å². The minimum atomic E-state index is -0.189. The molecule has 118 valence electrons. The molecule has 3 heterocycles. The second-order valence-electron chi connectivity index (χ2n) is 5.70. The molecule has 0 aliphatic carbocycles. The van der Waals surface area contributed by atoms with Crippen LogP contribution >= 0.6 is 0 Å². The van der Waals surface area contributed by atoms with Crippen LogP contribution in [0.25, 0.3) is 5.65 Å². The summed E-state index contributed by atoms with van der Waals surface area (Å²) in [5.41, 5.74) is 1.93. The number of halogens is 1. The molecule has 1 aliphatic rings. The van der Waals surface area contributed by atoms with Crippen LogP contribution in [0.3, 0.4) is 0 Å². The molecule has 0 unspecified atom stereocenters. The monoisotopic (exact) mass is 312 g/mol. The molecule has 4 rings (SSSR count). The Bertz CT molecular complexity index is 792. The van der Waals surface area contributed by atoms with E-state index in [2.05, 4.69) is 25.0 Å². The maximum Gasteiger partial charge on any atom is 0.203 e. The molecular formula is C16H17FN6. The zero-order chi connectivity index (χ0) is 15.6. The molecule has 0 bridgehead atoms. The normalized spacial score (nSPS) is 16.1. The number of rotatable bonds is 3. The average Bonchev–Trinajstić information content (AvgIpc) is 3.06. The first-order valence-electron chi connectivity index (χ1n) is 7.66. The molecule has 1 saturated heterocycles. The molecule has 2 aromatic heterocycles. The number of nitrogens with zero attached hydrogens (tertiary/aromatic N) is 6. The van der Waals surface area contributed by atoms with E-state index in [0.717, 1.165) is 49.8 Å². The molecule has 1 aromatic carbocycles. The molecule has 1 fully saturated rings. The summed E-state index contributed by atoms with van der Waals surface area (Å²) in [6, 6.07) is 6.73. The van der Waals surface area contributed by atoms with Crippen molar-refractivity contribution in [2.75, 3.05) is 31.1 Å². The van der Waals surface area contributed by atoms with Gasteiger partial charge in [0, 0.05) is 45.1 Å². The topological polar surface area (TPSA) is 49.6 Å². The van der Waals surface area contributed by atoms with Gasteiger partial charge in [0.05, 0.1) is 0 Å². The molecule has 3 aromatic rings. The van der Waals surface area contributed by atoms with E-state index in [9.17, 15) is 4.39 Å². The van der Waals surface area contributed by atoms with Gasteiger partial charge in [0.25, 0.3) is 0 Å². The zero-order valence-electron chi connectivity index (χ0n) is 12.6. The Morgan fingerprint density at radius 2 is 1.83 bits per heavy atom. The number of fused-ring (bicyclic) bond motifs is 1. The third-order valence-electron chi connectivity index (χ3n) is 4.19. The Hall–Kier alpha value is -2.54. The lowest BCUT2D eigenvalue weighted by Gasteiger charge is -2.35. The Morgan fingerprint density at radius 3 is 2.61 bits per heavy atom. The molecule has 6 nitrogen and oxygen atoms in total. The summed E-state index contributed by atoms with van der Waals surface area (Å²) < 4.78 is 14.8. The fourth-order valence-electron chi connectivity index (χ4n) is 2.93. The largest absolute Gasteiger partial charge is 0.351 e. The van der Waals surface area contributed by atoms with Crippen molar-refractivity contribution in [3.05, 3.63) is 54.4 Å². The van der Waals surface area contributed by atoms with E-state index in [1.165, 1.54) is 12.1 Å². The van der Waals surface area contributed by atoms with E-state index in [0.29, 0.717) is 0 Å². The molecule has 7 heteroatoms. The van der Waals surface area contributed by atoms with Crippen LogP contribution in [0.2, 0.25) is 0 Å². The van der Waals surface area contributed by atoms with Crippen LogP contribution in [-0.4, -0.2) is 50.7 Å². The molecule has 0 amide bonds. The SMILES string of the molecule is Fc1ccc(CN2CCN(c3nccn4cnnc34)CC2)cc1. The van der Waals surface area contributed by atoms with Crippen LogP contribution in [0.5, 0.6) is 0 Å². The van der Waals surface area contributed by atoms with E-state index in [1.807, 2.05) is 22.7 Å². The highest BCUT2D eigenvalue weighted by Crippen LogP contribution is 2.18. The molecule has 0 spiro atoms. The van der Waals surface area contributed by atoms with E-state index in [4.69, 9.17) is 0 Å². The Kier molecular flexibility index (Phi) is 3.63. The quantitative estimate of drug-likeness (QED) is 0.735. The molecule has 0 N–H and O–H groups in total. The Labute approximate surface area is 133 Å². The van der Waals surface area contributed by atoms with Gasteiger partial charge in [0.1, 0.15) is 12.1 Å². The number of benzene rings is 1. The van der Waals surface area contributed by atoms with Gasteiger partial charge < -0.3 is 4.90 Å². The second kappa shape index (κ2) is 5.92. The van der Waals surface area contributed by atoms with Crippen molar-refractivity contribution in [3.63, 3.8) is 0 Å². The lowest BCUT2D eigenvalue weighted by molar-refractivity contribution is 0.249. The predicted molar refractivity (Wildman–Crippen MR) is 84.7 cm³/mol. The fourth-order valence-corrected chi connectivity index (χ4v) is 2.93. The highest BCUT2D eigenvalue weighted by molar-refractivity contribution is 5.63. The van der Waals surface area contributed by atoms with Gasteiger partial charge in [-0.15, -0.1) is 10.2 Å². The summed E-state index contributed by atoms with van der Waals surface area (Å²) in [5, 5.41) is 8.09. The standard InChI is InChI=1S/C16H17FN6/c17-14-3-1-13(2-4-14)11-21-7-9-22(10-8-21)15-16-20-19-12-23(16)6-5-18-15/h1-6,12H,7-11H2. The summed E-state index contributed by atoms with van der Waals surface area (Å²) >= 11 is 0. The van der Waals surface area contributed by atoms with Crippen LogP contribution in [0.15, 0.2) is 43.0 Å². The van der Waals surface area contributed by atoms with Gasteiger partial charge in [-0.1, -0.05) is 12.1 Å². The van der Waals surface area contributed by atoms with Gasteiger partial charge in [-0.3, -0.25) is 9.30 Å². The van der Waals surface area contributed by atoms with Crippen molar-refractivity contribution in [1.29, 1.82) is 0 Å². The Morgan fingerprint density at radius 1 is 1.04 bits per heavy atom. The maximum atomic E-state index is 13.0. The van der Waals surface area contributed by atoms with E-state index >= 15 is 0 Å². The van der Waals surface area contributed by atoms with Crippen LogP contribution in [0.1, 0.15) is 5.56 Å². The first kappa shape index (κ1) is 14.1. The van der Waals surface area contributed by atoms with Crippen molar-refractivity contribution >= 4 is 11.5 Å². The second-order valence-corrected chi connectivity index (χ2v) is 5.70. The lowest BCUT2D eigenvalue weighted by atomic mass is 10.2. The van der Waals surface area contributed by atoms with Crippen molar-refractivity contribution in [2.45, 2.75) is 6.54 Å². The number of hydrogen-bond donors (Lipinski definition) is 0. The summed E-state index contributed by atoms with van der Waals surface area (Å²) in [6.07, 6.45) is 5.31. The smallest absolute Gasteiger partial charge is 0.203 e. The molecule has 0 saturated carbocycles. The van der Waals surface area contributed by atoms with Gasteiger partial charge in [-0.25, -0.2) is 9.37 Å². The van der Waals surface area contributed by atoms with Gasteiger partial charge in [0.2, 0.25) is 5.65 Å². The highest BCUT2D eigenvalue weighted by Gasteiger charge is 2.20. The van der Waals surface area contributed by atoms with Crippen molar-refractivity contribution < 1.29 is 4.39 Å².